The van der Waals surface area contributed by atoms with Gasteiger partial charge in [0.05, 0.1) is 13.0 Å². The lowest BCUT2D eigenvalue weighted by Crippen LogP contribution is -2.24. The Balaban J connectivity index is 1.55. The molecule has 3 aromatic rings. The molecule has 1 aliphatic heterocycles. The van der Waals surface area contributed by atoms with E-state index < -0.39 is 0 Å². The van der Waals surface area contributed by atoms with Crippen LogP contribution in [0.25, 0.3) is 10.6 Å². The third kappa shape index (κ3) is 4.06. The number of anilines is 1. The smallest absolute Gasteiger partial charge is 0.310 e. The first-order chi connectivity index (χ1) is 14.2. The molecule has 0 radical (unpaired) electrons. The highest BCUT2D eigenvalue weighted by atomic mass is 32.1. The van der Waals surface area contributed by atoms with Crippen LogP contribution < -0.4 is 10.6 Å². The van der Waals surface area contributed by atoms with Crippen LogP contribution in [0.5, 0.6) is 0 Å². The number of amides is 1. The van der Waals surface area contributed by atoms with Gasteiger partial charge in [0.25, 0.3) is 5.91 Å². The number of benzene rings is 2. The lowest BCUT2D eigenvalue weighted by molar-refractivity contribution is -0.145. The van der Waals surface area contributed by atoms with Gasteiger partial charge >= 0.3 is 5.97 Å². The zero-order valence-corrected chi connectivity index (χ0v) is 16.7. The Labute approximate surface area is 172 Å². The highest BCUT2D eigenvalue weighted by molar-refractivity contribution is 7.13. The average molecular weight is 407 g/mol. The number of aromatic nitrogens is 1. The Kier molecular flexibility index (Phi) is 5.69. The van der Waals surface area contributed by atoms with Gasteiger partial charge in [-0.15, -0.1) is 11.3 Å². The number of rotatable bonds is 5. The van der Waals surface area contributed by atoms with Crippen molar-refractivity contribution >= 4 is 28.9 Å². The molecule has 2 atom stereocenters. The molecule has 1 saturated heterocycles. The second kappa shape index (κ2) is 8.55. The summed E-state index contributed by atoms with van der Waals surface area (Å²) in [5.74, 6) is -0.846. The lowest BCUT2D eigenvalue weighted by Gasteiger charge is -2.20. The summed E-state index contributed by atoms with van der Waals surface area (Å²) in [5.41, 5.74) is 2.96. The van der Waals surface area contributed by atoms with E-state index >= 15 is 0 Å². The van der Waals surface area contributed by atoms with Crippen LogP contribution >= 0.6 is 11.3 Å². The minimum absolute atomic E-state index is 0.0609. The van der Waals surface area contributed by atoms with E-state index in [1.54, 1.807) is 5.38 Å². The molecule has 1 amide bonds. The van der Waals surface area contributed by atoms with E-state index in [1.165, 1.54) is 18.4 Å². The molecule has 2 N–H and O–H groups in total. The van der Waals surface area contributed by atoms with Crippen LogP contribution in [0.3, 0.4) is 0 Å². The molecule has 2 aromatic carbocycles. The molecule has 0 spiro atoms. The Morgan fingerprint density at radius 2 is 1.86 bits per heavy atom. The highest BCUT2D eigenvalue weighted by Gasteiger charge is 2.36. The second-order valence-corrected chi connectivity index (χ2v) is 7.70. The van der Waals surface area contributed by atoms with Gasteiger partial charge in [0.1, 0.15) is 10.7 Å². The molecule has 4 rings (SSSR count). The fraction of sp³-hybridized carbons (Fsp3) is 0.227. The van der Waals surface area contributed by atoms with Gasteiger partial charge in [-0.2, -0.15) is 0 Å². The van der Waals surface area contributed by atoms with Gasteiger partial charge < -0.3 is 15.4 Å². The molecular formula is C22H21N3O3S. The number of esters is 1. The Morgan fingerprint density at radius 1 is 1.10 bits per heavy atom. The van der Waals surface area contributed by atoms with E-state index in [9.17, 15) is 9.59 Å². The summed E-state index contributed by atoms with van der Waals surface area (Å²) in [5, 5.41) is 8.78. The van der Waals surface area contributed by atoms with Crippen molar-refractivity contribution < 1.29 is 14.3 Å². The van der Waals surface area contributed by atoms with E-state index in [1.807, 2.05) is 54.6 Å². The number of methoxy groups -OCH3 is 1. The van der Waals surface area contributed by atoms with Crippen molar-refractivity contribution in [1.29, 1.82) is 0 Å². The van der Waals surface area contributed by atoms with E-state index in [4.69, 9.17) is 4.74 Å². The van der Waals surface area contributed by atoms with Crippen LogP contribution in [0.2, 0.25) is 0 Å². The Hall–Kier alpha value is -3.03. The van der Waals surface area contributed by atoms with Crippen molar-refractivity contribution in [2.24, 2.45) is 5.92 Å². The second-order valence-electron chi connectivity index (χ2n) is 6.84. The molecule has 0 aliphatic carbocycles. The van der Waals surface area contributed by atoms with Crippen molar-refractivity contribution in [2.75, 3.05) is 25.5 Å². The maximum atomic E-state index is 12.8. The number of para-hydroxylation sites is 1. The first-order valence-electron chi connectivity index (χ1n) is 9.37. The van der Waals surface area contributed by atoms with E-state index in [-0.39, 0.29) is 23.7 Å². The standard InChI is InChI=1S/C22H21N3O3S/c1-28-22(27)17-12-23-11-16(17)15-9-5-6-10-18(15)24-20(26)19-13-29-21(25-19)14-7-3-2-4-8-14/h2-10,13,16-17,23H,11-12H2,1H3,(H,24,26). The van der Waals surface area contributed by atoms with Gasteiger partial charge in [-0.3, -0.25) is 9.59 Å². The summed E-state index contributed by atoms with van der Waals surface area (Å²) in [6, 6.07) is 17.3. The molecule has 2 heterocycles. The molecule has 148 valence electrons. The quantitative estimate of drug-likeness (QED) is 0.633. The zero-order chi connectivity index (χ0) is 20.2. The van der Waals surface area contributed by atoms with E-state index in [0.717, 1.165) is 16.1 Å². The van der Waals surface area contributed by atoms with Crippen molar-refractivity contribution in [3.8, 4) is 10.6 Å². The maximum Gasteiger partial charge on any atom is 0.310 e. The van der Waals surface area contributed by atoms with Crippen LogP contribution in [0.4, 0.5) is 5.69 Å². The van der Waals surface area contributed by atoms with Gasteiger partial charge in [-0.05, 0) is 11.6 Å². The van der Waals surface area contributed by atoms with Gasteiger partial charge in [0.15, 0.2) is 0 Å². The maximum absolute atomic E-state index is 12.8. The van der Waals surface area contributed by atoms with Crippen LogP contribution in [-0.4, -0.2) is 37.1 Å². The summed E-state index contributed by atoms with van der Waals surface area (Å²) < 4.78 is 4.95. The molecule has 1 fully saturated rings. The van der Waals surface area contributed by atoms with Crippen molar-refractivity contribution in [3.05, 3.63) is 71.2 Å². The molecule has 7 heteroatoms. The summed E-state index contributed by atoms with van der Waals surface area (Å²) in [6.45, 7) is 1.22. The molecule has 1 aliphatic rings. The lowest BCUT2D eigenvalue weighted by atomic mass is 9.88. The first kappa shape index (κ1) is 19.3. The number of carbonyl (C=O) groups is 2. The topological polar surface area (TPSA) is 80.3 Å². The number of thiazole rings is 1. The van der Waals surface area contributed by atoms with E-state index in [0.29, 0.717) is 24.5 Å². The SMILES string of the molecule is COC(=O)C1CNCC1c1ccccc1NC(=O)c1csc(-c2ccccc2)n1. The normalized spacial score (nSPS) is 18.4. The van der Waals surface area contributed by atoms with Crippen LogP contribution in [-0.2, 0) is 9.53 Å². The zero-order valence-electron chi connectivity index (χ0n) is 15.9. The van der Waals surface area contributed by atoms with Gasteiger partial charge in [-0.25, -0.2) is 4.98 Å². The third-order valence-corrected chi connectivity index (χ3v) is 5.98. The predicted octanol–water partition coefficient (Wildman–Crippen LogP) is 3.54. The summed E-state index contributed by atoms with van der Waals surface area (Å²) >= 11 is 1.44. The highest BCUT2D eigenvalue weighted by Crippen LogP contribution is 2.34. The van der Waals surface area contributed by atoms with Crippen LogP contribution in [0.15, 0.2) is 60.0 Å². The Morgan fingerprint density at radius 3 is 2.66 bits per heavy atom. The fourth-order valence-corrected chi connectivity index (χ4v) is 4.42. The monoisotopic (exact) mass is 407 g/mol. The van der Waals surface area contributed by atoms with Crippen molar-refractivity contribution in [3.63, 3.8) is 0 Å². The Bertz CT molecular complexity index is 1020. The summed E-state index contributed by atoms with van der Waals surface area (Å²) in [6.07, 6.45) is 0. The molecule has 6 nitrogen and oxygen atoms in total. The predicted molar refractivity (Wildman–Crippen MR) is 113 cm³/mol. The van der Waals surface area contributed by atoms with Gasteiger partial charge in [-0.1, -0.05) is 48.5 Å². The number of nitrogens with zero attached hydrogens (tertiary/aromatic N) is 1. The van der Waals surface area contributed by atoms with Gasteiger partial charge in [0, 0.05) is 35.6 Å². The fourth-order valence-electron chi connectivity index (χ4n) is 3.62. The summed E-state index contributed by atoms with van der Waals surface area (Å²) in [4.78, 5) is 29.4. The molecule has 0 saturated carbocycles. The van der Waals surface area contributed by atoms with Crippen molar-refractivity contribution in [2.45, 2.75) is 5.92 Å². The van der Waals surface area contributed by atoms with Crippen LogP contribution in [0, 0.1) is 5.92 Å². The van der Waals surface area contributed by atoms with Crippen LogP contribution in [0.1, 0.15) is 22.0 Å². The molecule has 29 heavy (non-hydrogen) atoms. The number of hydrogen-bond donors (Lipinski definition) is 2. The minimum Gasteiger partial charge on any atom is -0.469 e. The molecule has 2 unspecified atom stereocenters. The molecule has 0 bridgehead atoms. The molecule has 1 aromatic heterocycles. The molecular weight excluding hydrogens is 386 g/mol. The average Bonchev–Trinajstić information content (AvgIpc) is 3.44. The van der Waals surface area contributed by atoms with E-state index in [2.05, 4.69) is 15.6 Å². The minimum atomic E-state index is -0.276. The number of ether oxygens (including phenoxy) is 1. The van der Waals surface area contributed by atoms with Gasteiger partial charge in [0.2, 0.25) is 0 Å². The third-order valence-electron chi connectivity index (χ3n) is 5.08. The van der Waals surface area contributed by atoms with Crippen molar-refractivity contribution in [1.82, 2.24) is 10.3 Å². The largest absolute Gasteiger partial charge is 0.469 e. The number of nitrogens with one attached hydrogen (secondary N) is 2. The number of hydrogen-bond acceptors (Lipinski definition) is 6. The first-order valence-corrected chi connectivity index (χ1v) is 10.2. The summed E-state index contributed by atoms with van der Waals surface area (Å²) in [7, 11) is 1.40. The number of carbonyl (C=O) groups excluding carboxylic acids is 2.